The number of benzene rings is 2. The predicted octanol–water partition coefficient (Wildman–Crippen LogP) is 3.26. The molecule has 0 aliphatic heterocycles. The molecule has 0 aliphatic rings. The van der Waals surface area contributed by atoms with Gasteiger partial charge in [0.05, 0.1) is 19.1 Å². The predicted molar refractivity (Wildman–Crippen MR) is 125 cm³/mol. The van der Waals surface area contributed by atoms with Crippen LogP contribution in [0.15, 0.2) is 63.1 Å². The highest BCUT2D eigenvalue weighted by Crippen LogP contribution is 2.32. The fourth-order valence-electron chi connectivity index (χ4n) is 3.51. The van der Waals surface area contributed by atoms with Crippen molar-refractivity contribution in [2.24, 2.45) is 0 Å². The molecule has 2 aromatic carbocycles. The van der Waals surface area contributed by atoms with Gasteiger partial charge in [-0.1, -0.05) is 17.7 Å². The van der Waals surface area contributed by atoms with Gasteiger partial charge in [-0.15, -0.1) is 0 Å². The van der Waals surface area contributed by atoms with Crippen LogP contribution in [0.4, 0.5) is 5.69 Å². The number of carbonyl (C=O) groups excluding carboxylic acids is 1. The van der Waals surface area contributed by atoms with Crippen LogP contribution < -0.4 is 20.3 Å². The SMILES string of the molecule is COc1ccc(S(=O)(=O)c2c(C)cc(C)n(CC(=O)Nc3ccc(C)cc3)c2=O)cc1OC. The van der Waals surface area contributed by atoms with Gasteiger partial charge in [0.25, 0.3) is 5.56 Å². The summed E-state index contributed by atoms with van der Waals surface area (Å²) in [5.41, 5.74) is 1.64. The smallest absolute Gasteiger partial charge is 0.270 e. The number of ether oxygens (including phenoxy) is 2. The Hall–Kier alpha value is -3.59. The topological polar surface area (TPSA) is 104 Å². The molecule has 1 amide bonds. The summed E-state index contributed by atoms with van der Waals surface area (Å²) in [5, 5.41) is 2.73. The van der Waals surface area contributed by atoms with Crippen molar-refractivity contribution in [2.45, 2.75) is 37.1 Å². The third-order valence-corrected chi connectivity index (χ3v) is 7.13. The first kappa shape index (κ1) is 24.1. The summed E-state index contributed by atoms with van der Waals surface area (Å²) < 4.78 is 38.3. The van der Waals surface area contributed by atoms with Crippen LogP contribution in [0, 0.1) is 20.8 Å². The maximum Gasteiger partial charge on any atom is 0.270 e. The van der Waals surface area contributed by atoms with Crippen LogP contribution in [0.3, 0.4) is 0 Å². The van der Waals surface area contributed by atoms with Crippen molar-refractivity contribution in [3.05, 3.63) is 75.7 Å². The Kier molecular flexibility index (Phi) is 6.92. The zero-order chi connectivity index (χ0) is 24.3. The number of rotatable bonds is 7. The highest BCUT2D eigenvalue weighted by molar-refractivity contribution is 7.91. The average molecular weight is 471 g/mol. The number of anilines is 1. The van der Waals surface area contributed by atoms with Gasteiger partial charge < -0.3 is 19.4 Å². The molecule has 0 saturated heterocycles. The van der Waals surface area contributed by atoms with Gasteiger partial charge in [0, 0.05) is 17.4 Å². The van der Waals surface area contributed by atoms with E-state index in [4.69, 9.17) is 9.47 Å². The molecule has 1 aromatic heterocycles. The first-order valence-electron chi connectivity index (χ1n) is 10.1. The first-order chi connectivity index (χ1) is 15.6. The fraction of sp³-hybridized carbons (Fsp3) is 0.250. The fourth-order valence-corrected chi connectivity index (χ4v) is 5.08. The number of hydrogen-bond acceptors (Lipinski definition) is 6. The summed E-state index contributed by atoms with van der Waals surface area (Å²) in [6.45, 7) is 4.81. The number of sulfone groups is 1. The monoisotopic (exact) mass is 470 g/mol. The summed E-state index contributed by atoms with van der Waals surface area (Å²) in [5.74, 6) is 0.144. The number of amides is 1. The number of hydrogen-bond donors (Lipinski definition) is 1. The van der Waals surface area contributed by atoms with E-state index in [-0.39, 0.29) is 22.1 Å². The minimum absolute atomic E-state index is 0.111. The molecule has 1 heterocycles. The van der Waals surface area contributed by atoms with Crippen LogP contribution in [0.2, 0.25) is 0 Å². The van der Waals surface area contributed by atoms with Crippen molar-refractivity contribution < 1.29 is 22.7 Å². The van der Waals surface area contributed by atoms with Gasteiger partial charge in [-0.05, 0) is 56.7 Å². The minimum atomic E-state index is -4.20. The Bertz CT molecular complexity index is 1360. The third kappa shape index (κ3) is 4.93. The van der Waals surface area contributed by atoms with E-state index in [0.29, 0.717) is 22.7 Å². The molecule has 9 heteroatoms. The van der Waals surface area contributed by atoms with Gasteiger partial charge in [0.1, 0.15) is 11.4 Å². The molecule has 174 valence electrons. The maximum atomic E-state index is 13.4. The Labute approximate surface area is 192 Å². The number of nitrogens with zero attached hydrogens (tertiary/aromatic N) is 1. The van der Waals surface area contributed by atoms with Gasteiger partial charge in [-0.3, -0.25) is 9.59 Å². The van der Waals surface area contributed by atoms with E-state index in [9.17, 15) is 18.0 Å². The Balaban J connectivity index is 2.02. The van der Waals surface area contributed by atoms with E-state index >= 15 is 0 Å². The van der Waals surface area contributed by atoms with Crippen molar-refractivity contribution in [2.75, 3.05) is 19.5 Å². The number of aromatic nitrogens is 1. The van der Waals surface area contributed by atoms with Crippen LogP contribution in [0.25, 0.3) is 0 Å². The van der Waals surface area contributed by atoms with Crippen molar-refractivity contribution in [1.29, 1.82) is 0 Å². The number of methoxy groups -OCH3 is 2. The quantitative estimate of drug-likeness (QED) is 0.569. The van der Waals surface area contributed by atoms with E-state index in [0.717, 1.165) is 10.1 Å². The summed E-state index contributed by atoms with van der Waals surface area (Å²) in [7, 11) is -1.36. The molecule has 3 aromatic rings. The summed E-state index contributed by atoms with van der Waals surface area (Å²) in [6.07, 6.45) is 0. The molecule has 0 radical (unpaired) electrons. The number of nitrogens with one attached hydrogen (secondary N) is 1. The van der Waals surface area contributed by atoms with Crippen molar-refractivity contribution >= 4 is 21.4 Å². The molecule has 1 N–H and O–H groups in total. The van der Waals surface area contributed by atoms with E-state index in [1.54, 1.807) is 32.0 Å². The lowest BCUT2D eigenvalue weighted by Crippen LogP contribution is -2.33. The Morgan fingerprint density at radius 3 is 2.18 bits per heavy atom. The molecule has 0 atom stereocenters. The summed E-state index contributed by atoms with van der Waals surface area (Å²) in [4.78, 5) is 25.4. The van der Waals surface area contributed by atoms with Crippen molar-refractivity contribution in [3.63, 3.8) is 0 Å². The highest BCUT2D eigenvalue weighted by atomic mass is 32.2. The van der Waals surface area contributed by atoms with E-state index in [1.165, 1.54) is 32.4 Å². The van der Waals surface area contributed by atoms with Crippen molar-refractivity contribution in [3.8, 4) is 11.5 Å². The van der Waals surface area contributed by atoms with Crippen molar-refractivity contribution in [1.82, 2.24) is 4.57 Å². The summed E-state index contributed by atoms with van der Waals surface area (Å²) >= 11 is 0. The zero-order valence-electron chi connectivity index (χ0n) is 19.1. The number of aryl methyl sites for hydroxylation is 3. The molecule has 3 rings (SSSR count). The van der Waals surface area contributed by atoms with Gasteiger partial charge in [0.15, 0.2) is 11.5 Å². The van der Waals surface area contributed by atoms with E-state index in [2.05, 4.69) is 5.32 Å². The molecular weight excluding hydrogens is 444 g/mol. The number of carbonyl (C=O) groups is 1. The maximum absolute atomic E-state index is 13.4. The molecule has 0 bridgehead atoms. The molecule has 8 nitrogen and oxygen atoms in total. The van der Waals surface area contributed by atoms with Crippen LogP contribution in [-0.4, -0.2) is 33.1 Å². The highest BCUT2D eigenvalue weighted by Gasteiger charge is 2.27. The second-order valence-corrected chi connectivity index (χ2v) is 9.51. The lowest BCUT2D eigenvalue weighted by molar-refractivity contribution is -0.116. The molecule has 0 unspecified atom stereocenters. The van der Waals surface area contributed by atoms with Crippen LogP contribution in [-0.2, 0) is 21.2 Å². The lowest BCUT2D eigenvalue weighted by Gasteiger charge is -2.16. The lowest BCUT2D eigenvalue weighted by atomic mass is 10.2. The van der Waals surface area contributed by atoms with Gasteiger partial charge >= 0.3 is 0 Å². The second kappa shape index (κ2) is 9.50. The Morgan fingerprint density at radius 2 is 1.58 bits per heavy atom. The zero-order valence-corrected chi connectivity index (χ0v) is 19.9. The van der Waals surface area contributed by atoms with Crippen LogP contribution in [0.1, 0.15) is 16.8 Å². The standard InChI is InChI=1S/C24H26N2O6S/c1-15-6-8-18(9-7-15)25-22(27)14-26-17(3)12-16(2)23(24(26)28)33(29,30)19-10-11-20(31-4)21(13-19)32-5/h6-13H,14H2,1-5H3,(H,25,27). The van der Waals surface area contributed by atoms with Gasteiger partial charge in [-0.2, -0.15) is 0 Å². The summed E-state index contributed by atoms with van der Waals surface area (Å²) in [6, 6.07) is 12.9. The second-order valence-electron chi connectivity index (χ2n) is 7.62. The molecule has 0 aliphatic carbocycles. The average Bonchev–Trinajstić information content (AvgIpc) is 2.77. The van der Waals surface area contributed by atoms with Gasteiger partial charge in [-0.25, -0.2) is 8.42 Å². The third-order valence-electron chi connectivity index (χ3n) is 5.22. The molecule has 0 saturated carbocycles. The minimum Gasteiger partial charge on any atom is -0.493 e. The van der Waals surface area contributed by atoms with Gasteiger partial charge in [0.2, 0.25) is 15.7 Å². The molecular formula is C24H26N2O6S. The Morgan fingerprint density at radius 1 is 0.939 bits per heavy atom. The molecule has 33 heavy (non-hydrogen) atoms. The van der Waals surface area contributed by atoms with E-state index in [1.807, 2.05) is 19.1 Å². The first-order valence-corrected chi connectivity index (χ1v) is 11.6. The molecule has 0 spiro atoms. The van der Waals surface area contributed by atoms with Crippen LogP contribution in [0.5, 0.6) is 11.5 Å². The number of pyridine rings is 1. The normalized spacial score (nSPS) is 11.2. The largest absolute Gasteiger partial charge is 0.493 e. The van der Waals surface area contributed by atoms with Crippen LogP contribution >= 0.6 is 0 Å². The van der Waals surface area contributed by atoms with E-state index < -0.39 is 21.3 Å². The molecule has 0 fully saturated rings.